The second-order valence-electron chi connectivity index (χ2n) is 8.85. The largest absolute Gasteiger partial charge is 0.359 e. The molecule has 4 atom stereocenters. The zero-order valence-corrected chi connectivity index (χ0v) is 18.4. The minimum Gasteiger partial charge on any atom is -0.359 e. The van der Waals surface area contributed by atoms with Gasteiger partial charge in [-0.15, -0.1) is 0 Å². The molecule has 1 fully saturated rings. The molecule has 0 spiro atoms. The molecule has 1 aliphatic carbocycles. The van der Waals surface area contributed by atoms with E-state index in [-0.39, 0.29) is 6.04 Å². The van der Waals surface area contributed by atoms with Crippen molar-refractivity contribution in [3.63, 3.8) is 0 Å². The normalized spacial score (nSPS) is 27.9. The molecule has 0 aromatic heterocycles. The quantitative estimate of drug-likeness (QED) is 0.685. The summed E-state index contributed by atoms with van der Waals surface area (Å²) in [5, 5.41) is 17.8. The third-order valence-corrected chi connectivity index (χ3v) is 7.01. The van der Waals surface area contributed by atoms with E-state index in [9.17, 15) is 14.7 Å². The van der Waals surface area contributed by atoms with Crippen LogP contribution in [0, 0.1) is 11.8 Å². The molecular weight excluding hydrogens is 390 g/mol. The summed E-state index contributed by atoms with van der Waals surface area (Å²) < 4.78 is 0. The molecule has 4 rings (SSSR count). The first kappa shape index (κ1) is 21.4. The Morgan fingerprint density at radius 3 is 2.58 bits per heavy atom. The van der Waals surface area contributed by atoms with Crippen LogP contribution in [0.25, 0.3) is 0 Å². The minimum absolute atomic E-state index is 0.0401. The van der Waals surface area contributed by atoms with Gasteiger partial charge in [0, 0.05) is 17.3 Å². The fourth-order valence-corrected chi connectivity index (χ4v) is 4.80. The Labute approximate surface area is 183 Å². The van der Waals surface area contributed by atoms with E-state index < -0.39 is 17.7 Å². The lowest BCUT2D eigenvalue weighted by Gasteiger charge is -2.44. The first-order valence-electron chi connectivity index (χ1n) is 11.2. The summed E-state index contributed by atoms with van der Waals surface area (Å²) in [7, 11) is 0. The topological polar surface area (TPSA) is 81.7 Å². The van der Waals surface area contributed by atoms with E-state index in [0.717, 1.165) is 31.2 Å². The molecule has 3 amide bonds. The smallest absolute Gasteiger partial charge is 0.329 e. The van der Waals surface area contributed by atoms with Crippen molar-refractivity contribution in [2.75, 3.05) is 10.2 Å². The first-order chi connectivity index (χ1) is 14.9. The summed E-state index contributed by atoms with van der Waals surface area (Å²) in [6.07, 6.45) is 3.90. The number of hydrogen-bond donors (Lipinski definition) is 3. The van der Waals surface area contributed by atoms with E-state index in [4.69, 9.17) is 0 Å². The highest BCUT2D eigenvalue weighted by atomic mass is 16.3. The van der Waals surface area contributed by atoms with Crippen molar-refractivity contribution in [2.45, 2.75) is 58.2 Å². The van der Waals surface area contributed by atoms with E-state index in [1.54, 1.807) is 36.4 Å². The number of fused-ring (bicyclic) bond motifs is 1. The van der Waals surface area contributed by atoms with Crippen LogP contribution in [-0.2, 0) is 16.9 Å². The summed E-state index contributed by atoms with van der Waals surface area (Å²) >= 11 is 0. The van der Waals surface area contributed by atoms with Gasteiger partial charge in [-0.05, 0) is 48.4 Å². The zero-order valence-electron chi connectivity index (χ0n) is 18.4. The number of aryl methyl sites for hydroxylation is 1. The van der Waals surface area contributed by atoms with Gasteiger partial charge in [0.25, 0.3) is 11.6 Å². The van der Waals surface area contributed by atoms with Gasteiger partial charge in [-0.2, -0.15) is 0 Å². The van der Waals surface area contributed by atoms with E-state index >= 15 is 0 Å². The van der Waals surface area contributed by atoms with Crippen LogP contribution >= 0.6 is 0 Å². The van der Waals surface area contributed by atoms with Crippen LogP contribution in [-0.4, -0.2) is 23.1 Å². The fourth-order valence-electron chi connectivity index (χ4n) is 4.80. The summed E-state index contributed by atoms with van der Waals surface area (Å²) in [6, 6.07) is 13.7. The molecule has 6 nitrogen and oxygen atoms in total. The van der Waals surface area contributed by atoms with Crippen molar-refractivity contribution in [2.24, 2.45) is 11.8 Å². The predicted octanol–water partition coefficient (Wildman–Crippen LogP) is 4.39. The molecule has 2 aromatic carbocycles. The number of para-hydroxylation sites is 1. The Hall–Kier alpha value is -2.86. The molecule has 1 aliphatic heterocycles. The molecule has 0 bridgehead atoms. The van der Waals surface area contributed by atoms with Crippen LogP contribution in [0.1, 0.15) is 51.2 Å². The summed E-state index contributed by atoms with van der Waals surface area (Å²) in [6.45, 7) is 6.39. The van der Waals surface area contributed by atoms with Crippen LogP contribution in [0.4, 0.5) is 16.2 Å². The van der Waals surface area contributed by atoms with Crippen molar-refractivity contribution in [3.05, 3.63) is 59.7 Å². The summed E-state index contributed by atoms with van der Waals surface area (Å²) in [5.74, 6) is 0.222. The molecule has 164 valence electrons. The molecule has 0 saturated heterocycles. The summed E-state index contributed by atoms with van der Waals surface area (Å²) in [5.41, 5.74) is 0.235. The number of urea groups is 1. The Bertz CT molecular complexity index is 974. The first-order valence-corrected chi connectivity index (χ1v) is 11.2. The van der Waals surface area contributed by atoms with E-state index in [2.05, 4.69) is 31.4 Å². The van der Waals surface area contributed by atoms with Gasteiger partial charge in [0.2, 0.25) is 0 Å². The average molecular weight is 422 g/mol. The second kappa shape index (κ2) is 8.35. The molecule has 3 N–H and O–H groups in total. The highest BCUT2D eigenvalue weighted by molar-refractivity contribution is 6.11. The number of rotatable bonds is 4. The van der Waals surface area contributed by atoms with E-state index in [1.807, 2.05) is 12.1 Å². The lowest BCUT2D eigenvalue weighted by molar-refractivity contribution is -0.141. The molecule has 31 heavy (non-hydrogen) atoms. The number of aliphatic hydroxyl groups is 1. The standard InChI is InChI=1S/C25H31N3O3/c1-4-18-12-14-19(15-13-18)28-24(30)27-22-10-6-5-9-20(22)25(28,31)23(29)26-21-11-7-8-16(2)17(21)3/h5-6,9-10,12-17,21,31H,4,7-8,11H2,1-3H3,(H,26,29)(H,27,30)/t16-,17+,21-,25-/m1/s1. The molecule has 6 heteroatoms. The van der Waals surface area contributed by atoms with Crippen LogP contribution in [0.2, 0.25) is 0 Å². The van der Waals surface area contributed by atoms with Gasteiger partial charge >= 0.3 is 6.03 Å². The van der Waals surface area contributed by atoms with Crippen molar-refractivity contribution in [1.82, 2.24) is 5.32 Å². The highest BCUT2D eigenvalue weighted by Crippen LogP contribution is 2.40. The third-order valence-electron chi connectivity index (χ3n) is 7.01. The maximum atomic E-state index is 13.7. The van der Waals surface area contributed by atoms with Crippen LogP contribution in [0.5, 0.6) is 0 Å². The van der Waals surface area contributed by atoms with Crippen molar-refractivity contribution >= 4 is 23.3 Å². The number of carbonyl (C=O) groups is 2. The fraction of sp³-hybridized carbons (Fsp3) is 0.440. The molecule has 0 radical (unpaired) electrons. The van der Waals surface area contributed by atoms with Gasteiger partial charge in [-0.25, -0.2) is 4.79 Å². The number of carbonyl (C=O) groups excluding carboxylic acids is 2. The molecular formula is C25H31N3O3. The molecule has 0 unspecified atom stereocenters. The number of nitrogens with zero attached hydrogens (tertiary/aromatic N) is 1. The van der Waals surface area contributed by atoms with Gasteiger partial charge in [0.05, 0.1) is 5.69 Å². The van der Waals surface area contributed by atoms with Crippen molar-refractivity contribution < 1.29 is 14.7 Å². The maximum Gasteiger partial charge on any atom is 0.329 e. The second-order valence-corrected chi connectivity index (χ2v) is 8.85. The lowest BCUT2D eigenvalue weighted by Crippen LogP contribution is -2.64. The maximum absolute atomic E-state index is 13.7. The van der Waals surface area contributed by atoms with Crippen molar-refractivity contribution in [3.8, 4) is 0 Å². The van der Waals surface area contributed by atoms with Crippen molar-refractivity contribution in [1.29, 1.82) is 0 Å². The van der Waals surface area contributed by atoms with Gasteiger partial charge in [0.1, 0.15) is 0 Å². The van der Waals surface area contributed by atoms with Crippen LogP contribution < -0.4 is 15.5 Å². The number of amides is 3. The van der Waals surface area contributed by atoms with Gasteiger partial charge in [0.15, 0.2) is 0 Å². The molecule has 2 aliphatic rings. The van der Waals surface area contributed by atoms with Gasteiger partial charge in [-0.1, -0.05) is 63.9 Å². The number of anilines is 2. The Balaban J connectivity index is 1.76. The van der Waals surface area contributed by atoms with E-state index in [1.165, 1.54) is 4.90 Å². The number of benzene rings is 2. The van der Waals surface area contributed by atoms with E-state index in [0.29, 0.717) is 28.8 Å². The zero-order chi connectivity index (χ0) is 22.2. The predicted molar refractivity (Wildman–Crippen MR) is 122 cm³/mol. The van der Waals surface area contributed by atoms with Crippen LogP contribution in [0.15, 0.2) is 48.5 Å². The Morgan fingerprint density at radius 1 is 1.16 bits per heavy atom. The SMILES string of the molecule is CCc1ccc(N2C(=O)Nc3ccccc3[C@@]2(O)C(=O)N[C@@H]2CCC[C@@H](C)[C@@H]2C)cc1. The van der Waals surface area contributed by atoms with Gasteiger partial charge < -0.3 is 15.7 Å². The molecule has 1 heterocycles. The monoisotopic (exact) mass is 421 g/mol. The number of hydrogen-bond acceptors (Lipinski definition) is 3. The highest BCUT2D eigenvalue weighted by Gasteiger charge is 2.52. The number of nitrogens with one attached hydrogen (secondary N) is 2. The molecule has 1 saturated carbocycles. The Kier molecular flexibility index (Phi) is 5.75. The Morgan fingerprint density at radius 2 is 1.87 bits per heavy atom. The average Bonchev–Trinajstić information content (AvgIpc) is 2.77. The van der Waals surface area contributed by atoms with Crippen LogP contribution in [0.3, 0.4) is 0 Å². The molecule has 2 aromatic rings. The third kappa shape index (κ3) is 3.69. The lowest BCUT2D eigenvalue weighted by atomic mass is 9.78. The summed E-state index contributed by atoms with van der Waals surface area (Å²) in [4.78, 5) is 28.0. The minimum atomic E-state index is -2.15. The van der Waals surface area contributed by atoms with Gasteiger partial charge in [-0.3, -0.25) is 9.69 Å².